The predicted molar refractivity (Wildman–Crippen MR) is 66.2 cm³/mol. The van der Waals surface area contributed by atoms with E-state index >= 15 is 0 Å². The summed E-state index contributed by atoms with van der Waals surface area (Å²) in [4.78, 5) is 22.3. The number of rotatable bonds is 4. The van der Waals surface area contributed by atoms with E-state index in [2.05, 4.69) is 10.6 Å². The van der Waals surface area contributed by atoms with Crippen LogP contribution in [0.5, 0.6) is 5.75 Å². The van der Waals surface area contributed by atoms with Gasteiger partial charge in [0.2, 0.25) is 11.8 Å². The summed E-state index contributed by atoms with van der Waals surface area (Å²) in [5.74, 6) is 0.284. The van der Waals surface area contributed by atoms with Crippen LogP contribution < -0.4 is 15.4 Å². The van der Waals surface area contributed by atoms with Crippen LogP contribution in [0.2, 0.25) is 0 Å². The number of nitrogens with one attached hydrogen (secondary N) is 2. The Morgan fingerprint density at radius 2 is 2.00 bits per heavy atom. The van der Waals surface area contributed by atoms with E-state index in [0.717, 1.165) is 0 Å². The smallest absolute Gasteiger partial charge is 0.224 e. The molecule has 5 heteroatoms. The first-order valence-corrected chi connectivity index (χ1v) is 5.32. The third-order valence-electron chi connectivity index (χ3n) is 2.12. The van der Waals surface area contributed by atoms with Gasteiger partial charge in [0, 0.05) is 19.0 Å². The third-order valence-corrected chi connectivity index (χ3v) is 2.12. The lowest BCUT2D eigenvalue weighted by Crippen LogP contribution is -2.11. The fourth-order valence-corrected chi connectivity index (χ4v) is 1.33. The van der Waals surface area contributed by atoms with Crippen LogP contribution in [0.1, 0.15) is 20.3 Å². The summed E-state index contributed by atoms with van der Waals surface area (Å²) in [6, 6.07) is 5.06. The van der Waals surface area contributed by atoms with Crippen LogP contribution in [-0.2, 0) is 9.59 Å². The summed E-state index contributed by atoms with van der Waals surface area (Å²) in [5.41, 5.74) is 1.16. The van der Waals surface area contributed by atoms with E-state index in [0.29, 0.717) is 23.5 Å². The maximum atomic E-state index is 11.3. The van der Waals surface area contributed by atoms with Crippen molar-refractivity contribution in [2.24, 2.45) is 0 Å². The highest BCUT2D eigenvalue weighted by atomic mass is 16.5. The first kappa shape index (κ1) is 13.0. The summed E-state index contributed by atoms with van der Waals surface area (Å²) in [7, 11) is 1.52. The highest BCUT2D eigenvalue weighted by molar-refractivity contribution is 5.94. The molecule has 1 aromatic carbocycles. The van der Waals surface area contributed by atoms with Crippen LogP contribution in [0, 0.1) is 0 Å². The van der Waals surface area contributed by atoms with Gasteiger partial charge in [0.25, 0.3) is 0 Å². The molecule has 0 spiro atoms. The van der Waals surface area contributed by atoms with Crippen molar-refractivity contribution in [3.63, 3.8) is 0 Å². The van der Waals surface area contributed by atoms with Crippen LogP contribution in [0.4, 0.5) is 11.4 Å². The molecule has 0 aliphatic heterocycles. The Bertz CT molecular complexity index is 430. The van der Waals surface area contributed by atoms with Gasteiger partial charge >= 0.3 is 0 Å². The molecule has 2 N–H and O–H groups in total. The summed E-state index contributed by atoms with van der Waals surface area (Å²) < 4.78 is 5.12. The van der Waals surface area contributed by atoms with Gasteiger partial charge in [-0.25, -0.2) is 0 Å². The molecule has 1 aromatic rings. The minimum atomic E-state index is -0.164. The first-order chi connectivity index (χ1) is 8.06. The van der Waals surface area contributed by atoms with Gasteiger partial charge in [-0.05, 0) is 18.2 Å². The molecule has 0 saturated carbocycles. The van der Waals surface area contributed by atoms with Crippen LogP contribution >= 0.6 is 0 Å². The second-order valence-corrected chi connectivity index (χ2v) is 3.50. The number of carbonyl (C=O) groups excluding carboxylic acids is 2. The number of hydrogen-bond acceptors (Lipinski definition) is 3. The van der Waals surface area contributed by atoms with Crippen molar-refractivity contribution < 1.29 is 14.3 Å². The Hall–Kier alpha value is -2.04. The molecule has 0 radical (unpaired) electrons. The maximum Gasteiger partial charge on any atom is 0.224 e. The molecule has 0 fully saturated rings. The van der Waals surface area contributed by atoms with Crippen molar-refractivity contribution in [2.75, 3.05) is 17.7 Å². The third kappa shape index (κ3) is 3.79. The number of anilines is 2. The Labute approximate surface area is 100 Å². The lowest BCUT2D eigenvalue weighted by molar-refractivity contribution is -0.116. The normalized spacial score (nSPS) is 9.59. The molecule has 2 amide bonds. The van der Waals surface area contributed by atoms with E-state index < -0.39 is 0 Å². The van der Waals surface area contributed by atoms with E-state index in [1.807, 2.05) is 0 Å². The molecule has 17 heavy (non-hydrogen) atoms. The molecule has 0 aromatic heterocycles. The number of hydrogen-bond donors (Lipinski definition) is 2. The van der Waals surface area contributed by atoms with Gasteiger partial charge in [-0.2, -0.15) is 0 Å². The van der Waals surface area contributed by atoms with Crippen molar-refractivity contribution >= 4 is 23.2 Å². The molecule has 5 nitrogen and oxygen atoms in total. The first-order valence-electron chi connectivity index (χ1n) is 5.32. The second kappa shape index (κ2) is 5.89. The summed E-state index contributed by atoms with van der Waals surface area (Å²) >= 11 is 0. The van der Waals surface area contributed by atoms with Gasteiger partial charge in [0.05, 0.1) is 12.8 Å². The number of amides is 2. The lowest BCUT2D eigenvalue weighted by atomic mass is 10.2. The Morgan fingerprint density at radius 3 is 2.53 bits per heavy atom. The van der Waals surface area contributed by atoms with E-state index in [-0.39, 0.29) is 11.8 Å². The number of carbonyl (C=O) groups is 2. The van der Waals surface area contributed by atoms with Crippen LogP contribution in [0.3, 0.4) is 0 Å². The molecular formula is C12H16N2O3. The van der Waals surface area contributed by atoms with Gasteiger partial charge in [-0.1, -0.05) is 6.92 Å². The molecule has 0 saturated heterocycles. The Kier molecular flexibility index (Phi) is 4.51. The molecule has 0 aliphatic carbocycles. The van der Waals surface area contributed by atoms with Crippen molar-refractivity contribution in [3.05, 3.63) is 18.2 Å². The highest BCUT2D eigenvalue weighted by Gasteiger charge is 2.07. The van der Waals surface area contributed by atoms with Crippen molar-refractivity contribution in [1.82, 2.24) is 0 Å². The van der Waals surface area contributed by atoms with Crippen molar-refractivity contribution in [3.8, 4) is 5.75 Å². The molecule has 0 atom stereocenters. The quantitative estimate of drug-likeness (QED) is 0.840. The topological polar surface area (TPSA) is 67.4 Å². The zero-order valence-corrected chi connectivity index (χ0v) is 10.2. The van der Waals surface area contributed by atoms with Crippen LogP contribution in [-0.4, -0.2) is 18.9 Å². The fourth-order valence-electron chi connectivity index (χ4n) is 1.33. The summed E-state index contributed by atoms with van der Waals surface area (Å²) in [6.45, 7) is 3.19. The minimum Gasteiger partial charge on any atom is -0.495 e. The zero-order chi connectivity index (χ0) is 12.8. The van der Waals surface area contributed by atoms with Gasteiger partial charge in [-0.3, -0.25) is 9.59 Å². The molecule has 1 rings (SSSR count). The molecule has 92 valence electrons. The molecule has 0 bridgehead atoms. The maximum absolute atomic E-state index is 11.3. The summed E-state index contributed by atoms with van der Waals surface area (Å²) in [6.07, 6.45) is 0.382. The summed E-state index contributed by atoms with van der Waals surface area (Å²) in [5, 5.41) is 5.35. The van der Waals surface area contributed by atoms with Crippen molar-refractivity contribution in [1.29, 1.82) is 0 Å². The SMILES string of the molecule is CCC(=O)Nc1cc(NC(C)=O)ccc1OC. The second-order valence-electron chi connectivity index (χ2n) is 3.50. The molecule has 0 heterocycles. The largest absolute Gasteiger partial charge is 0.495 e. The standard InChI is InChI=1S/C12H16N2O3/c1-4-12(16)14-10-7-9(13-8(2)15)5-6-11(10)17-3/h5-7H,4H2,1-3H3,(H,13,15)(H,14,16). The van der Waals surface area contributed by atoms with Crippen molar-refractivity contribution in [2.45, 2.75) is 20.3 Å². The fraction of sp³-hybridized carbons (Fsp3) is 0.333. The monoisotopic (exact) mass is 236 g/mol. The number of benzene rings is 1. The van der Waals surface area contributed by atoms with E-state index in [4.69, 9.17) is 4.74 Å². The average Bonchev–Trinajstić information content (AvgIpc) is 2.28. The minimum absolute atomic E-state index is 0.108. The molecule has 0 unspecified atom stereocenters. The van der Waals surface area contributed by atoms with Gasteiger partial charge in [-0.15, -0.1) is 0 Å². The molecule has 0 aliphatic rings. The Balaban J connectivity index is 2.97. The number of ether oxygens (including phenoxy) is 1. The number of methoxy groups -OCH3 is 1. The predicted octanol–water partition coefficient (Wildman–Crippen LogP) is 2.00. The van der Waals surface area contributed by atoms with E-state index in [9.17, 15) is 9.59 Å². The van der Waals surface area contributed by atoms with Gasteiger partial charge in [0.15, 0.2) is 0 Å². The van der Waals surface area contributed by atoms with E-state index in [1.54, 1.807) is 25.1 Å². The lowest BCUT2D eigenvalue weighted by Gasteiger charge is -2.11. The average molecular weight is 236 g/mol. The molecular weight excluding hydrogens is 220 g/mol. The van der Waals surface area contributed by atoms with E-state index in [1.165, 1.54) is 14.0 Å². The Morgan fingerprint density at radius 1 is 1.29 bits per heavy atom. The van der Waals surface area contributed by atoms with Crippen LogP contribution in [0.15, 0.2) is 18.2 Å². The zero-order valence-electron chi connectivity index (χ0n) is 10.2. The van der Waals surface area contributed by atoms with Gasteiger partial charge < -0.3 is 15.4 Å². The van der Waals surface area contributed by atoms with Gasteiger partial charge in [0.1, 0.15) is 5.75 Å². The highest BCUT2D eigenvalue weighted by Crippen LogP contribution is 2.27. The van der Waals surface area contributed by atoms with Crippen LogP contribution in [0.25, 0.3) is 0 Å².